The molecule has 1 rings (SSSR count). The molecule has 1 atom stereocenters. The summed E-state index contributed by atoms with van der Waals surface area (Å²) in [5.41, 5.74) is 0.435. The summed E-state index contributed by atoms with van der Waals surface area (Å²) < 4.78 is 10.5. The first-order chi connectivity index (χ1) is 4.93. The van der Waals surface area contributed by atoms with E-state index in [4.69, 9.17) is 0 Å². The van der Waals surface area contributed by atoms with E-state index in [9.17, 15) is 4.57 Å². The lowest BCUT2D eigenvalue weighted by atomic mass is 10.1. The van der Waals surface area contributed by atoms with Crippen LogP contribution in [0.25, 0.3) is 0 Å². The van der Waals surface area contributed by atoms with Crippen LogP contribution in [0, 0.1) is 0 Å². The SMILES string of the molecule is O=PC1CCC=CCCC1. The first-order valence-corrected chi connectivity index (χ1v) is 4.79. The summed E-state index contributed by atoms with van der Waals surface area (Å²) in [6, 6.07) is 0. The molecule has 1 aliphatic rings. The molecule has 0 amide bonds. The molecule has 0 aromatic carbocycles. The maximum atomic E-state index is 10.5. The summed E-state index contributed by atoms with van der Waals surface area (Å²) in [5, 5.41) is 0. The molecule has 0 aromatic rings. The van der Waals surface area contributed by atoms with Gasteiger partial charge in [0.1, 0.15) is 0 Å². The monoisotopic (exact) mass is 156 g/mol. The van der Waals surface area contributed by atoms with Crippen LogP contribution in [0.2, 0.25) is 0 Å². The third-order valence-electron chi connectivity index (χ3n) is 1.89. The smallest absolute Gasteiger partial charge is 0.158 e. The number of hydrogen-bond donors (Lipinski definition) is 0. The summed E-state index contributed by atoms with van der Waals surface area (Å²) in [4.78, 5) is 0. The molecule has 1 nitrogen and oxygen atoms in total. The van der Waals surface area contributed by atoms with Crippen molar-refractivity contribution in [3.05, 3.63) is 12.2 Å². The molecule has 0 aromatic heterocycles. The molecule has 1 aliphatic carbocycles. The minimum atomic E-state index is 0.350. The maximum absolute atomic E-state index is 10.5. The van der Waals surface area contributed by atoms with Crippen molar-refractivity contribution in [2.45, 2.75) is 37.8 Å². The average Bonchev–Trinajstić information content (AvgIpc) is 1.87. The number of hydrogen-bond acceptors (Lipinski definition) is 1. The van der Waals surface area contributed by atoms with Crippen molar-refractivity contribution >= 4 is 8.46 Å². The Balaban J connectivity index is 2.34. The van der Waals surface area contributed by atoms with Crippen molar-refractivity contribution in [3.63, 3.8) is 0 Å². The second-order valence-electron chi connectivity index (χ2n) is 2.74. The van der Waals surface area contributed by atoms with Crippen LogP contribution in [-0.4, -0.2) is 5.66 Å². The summed E-state index contributed by atoms with van der Waals surface area (Å²) >= 11 is 0. The zero-order valence-corrected chi connectivity index (χ0v) is 7.02. The van der Waals surface area contributed by atoms with Crippen molar-refractivity contribution in [2.24, 2.45) is 0 Å². The highest BCUT2D eigenvalue weighted by molar-refractivity contribution is 7.24. The van der Waals surface area contributed by atoms with E-state index in [0.29, 0.717) is 14.1 Å². The van der Waals surface area contributed by atoms with Crippen molar-refractivity contribution < 1.29 is 4.57 Å². The molecule has 0 saturated carbocycles. The zero-order chi connectivity index (χ0) is 7.23. The van der Waals surface area contributed by atoms with Gasteiger partial charge in [-0.2, -0.15) is 0 Å². The molecule has 56 valence electrons. The fourth-order valence-electron chi connectivity index (χ4n) is 1.25. The second kappa shape index (κ2) is 4.62. The lowest BCUT2D eigenvalue weighted by Gasteiger charge is -2.08. The van der Waals surface area contributed by atoms with Crippen LogP contribution in [0.4, 0.5) is 0 Å². The highest BCUT2D eigenvalue weighted by atomic mass is 31.1. The molecule has 0 aliphatic heterocycles. The minimum absolute atomic E-state index is 0.350. The van der Waals surface area contributed by atoms with Gasteiger partial charge < -0.3 is 0 Å². The van der Waals surface area contributed by atoms with Crippen molar-refractivity contribution in [1.82, 2.24) is 0 Å². The normalized spacial score (nSPS) is 27.8. The average molecular weight is 156 g/mol. The van der Waals surface area contributed by atoms with E-state index in [2.05, 4.69) is 12.2 Å². The van der Waals surface area contributed by atoms with E-state index < -0.39 is 0 Å². The predicted molar refractivity (Wildman–Crippen MR) is 43.6 cm³/mol. The molecule has 0 bridgehead atoms. The van der Waals surface area contributed by atoms with Crippen LogP contribution < -0.4 is 0 Å². The van der Waals surface area contributed by atoms with Crippen LogP contribution in [0.1, 0.15) is 32.1 Å². The largest absolute Gasteiger partial charge is 0.275 e. The summed E-state index contributed by atoms with van der Waals surface area (Å²) in [6.45, 7) is 0. The molecule has 0 saturated heterocycles. The first-order valence-electron chi connectivity index (χ1n) is 3.91. The lowest BCUT2D eigenvalue weighted by Crippen LogP contribution is -1.99. The van der Waals surface area contributed by atoms with Crippen LogP contribution in [0.5, 0.6) is 0 Å². The Hall–Kier alpha value is -0.160. The van der Waals surface area contributed by atoms with E-state index >= 15 is 0 Å². The molecule has 0 N–H and O–H groups in total. The second-order valence-corrected chi connectivity index (χ2v) is 3.68. The molecule has 2 heteroatoms. The lowest BCUT2D eigenvalue weighted by molar-refractivity contribution is 0.571. The molecule has 10 heavy (non-hydrogen) atoms. The Kier molecular flexibility index (Phi) is 3.67. The fraction of sp³-hybridized carbons (Fsp3) is 0.750. The molecule has 0 spiro atoms. The molecule has 0 fully saturated rings. The highest BCUT2D eigenvalue weighted by Gasteiger charge is 2.07. The van der Waals surface area contributed by atoms with Gasteiger partial charge in [0.2, 0.25) is 0 Å². The maximum Gasteiger partial charge on any atom is 0.158 e. The van der Waals surface area contributed by atoms with Gasteiger partial charge in [0.15, 0.2) is 8.46 Å². The Morgan fingerprint density at radius 1 is 1.20 bits per heavy atom. The van der Waals surface area contributed by atoms with E-state index in [1.807, 2.05) is 0 Å². The van der Waals surface area contributed by atoms with E-state index in [1.54, 1.807) is 0 Å². The quantitative estimate of drug-likeness (QED) is 0.421. The topological polar surface area (TPSA) is 17.1 Å². The van der Waals surface area contributed by atoms with Gasteiger partial charge in [-0.15, -0.1) is 0 Å². The predicted octanol–water partition coefficient (Wildman–Crippen LogP) is 3.17. The van der Waals surface area contributed by atoms with Crippen molar-refractivity contribution in [1.29, 1.82) is 0 Å². The van der Waals surface area contributed by atoms with Gasteiger partial charge in [0, 0.05) is 5.66 Å². The third-order valence-corrected chi connectivity index (χ3v) is 2.70. The Morgan fingerprint density at radius 2 is 2.00 bits per heavy atom. The summed E-state index contributed by atoms with van der Waals surface area (Å²) in [5.74, 6) is 0. The van der Waals surface area contributed by atoms with E-state index in [-0.39, 0.29) is 0 Å². The van der Waals surface area contributed by atoms with Crippen LogP contribution >= 0.6 is 8.46 Å². The zero-order valence-electron chi connectivity index (χ0n) is 6.12. The standard InChI is InChI=1S/C8H13OP/c9-10-8-6-4-2-1-3-5-7-8/h1-2,8H,3-7H2. The van der Waals surface area contributed by atoms with E-state index in [1.165, 1.54) is 12.8 Å². The molecule has 0 heterocycles. The Labute approximate surface area is 63.7 Å². The van der Waals surface area contributed by atoms with Gasteiger partial charge in [-0.3, -0.25) is 4.57 Å². The molecule has 0 radical (unpaired) electrons. The highest BCUT2D eigenvalue weighted by Crippen LogP contribution is 2.21. The molecule has 1 unspecified atom stereocenters. The minimum Gasteiger partial charge on any atom is -0.275 e. The number of rotatable bonds is 1. The summed E-state index contributed by atoms with van der Waals surface area (Å²) in [7, 11) is 0.350. The van der Waals surface area contributed by atoms with Crippen molar-refractivity contribution in [2.75, 3.05) is 0 Å². The third kappa shape index (κ3) is 2.62. The summed E-state index contributed by atoms with van der Waals surface area (Å²) in [6.07, 6.45) is 10.2. The van der Waals surface area contributed by atoms with Crippen molar-refractivity contribution in [3.8, 4) is 0 Å². The van der Waals surface area contributed by atoms with Gasteiger partial charge >= 0.3 is 0 Å². The number of allylic oxidation sites excluding steroid dienone is 2. The van der Waals surface area contributed by atoms with Crippen LogP contribution in [0.15, 0.2) is 12.2 Å². The Bertz CT molecular complexity index is 131. The van der Waals surface area contributed by atoms with Gasteiger partial charge in [0.05, 0.1) is 0 Å². The molecular formula is C8H13OP. The van der Waals surface area contributed by atoms with E-state index in [0.717, 1.165) is 19.3 Å². The van der Waals surface area contributed by atoms with Gasteiger partial charge in [-0.05, 0) is 32.1 Å². The Morgan fingerprint density at radius 3 is 2.80 bits per heavy atom. The van der Waals surface area contributed by atoms with Crippen LogP contribution in [0.3, 0.4) is 0 Å². The molecular weight excluding hydrogens is 143 g/mol. The van der Waals surface area contributed by atoms with Gasteiger partial charge in [-0.1, -0.05) is 12.2 Å². The van der Waals surface area contributed by atoms with Crippen LogP contribution in [-0.2, 0) is 4.57 Å². The van der Waals surface area contributed by atoms with Gasteiger partial charge in [0.25, 0.3) is 0 Å². The first kappa shape index (κ1) is 7.94. The fourth-order valence-corrected chi connectivity index (χ4v) is 1.79. The van der Waals surface area contributed by atoms with Gasteiger partial charge in [-0.25, -0.2) is 0 Å².